The van der Waals surface area contributed by atoms with Crippen molar-refractivity contribution >= 4 is 17.5 Å². The van der Waals surface area contributed by atoms with Crippen LogP contribution in [0.2, 0.25) is 0 Å². The maximum Gasteiger partial charge on any atom is 0.224 e. The molecule has 2 amide bonds. The molecular formula is C23H36N2O2. The normalized spacial score (nSPS) is 23.7. The van der Waals surface area contributed by atoms with Gasteiger partial charge in [0, 0.05) is 24.6 Å². The summed E-state index contributed by atoms with van der Waals surface area (Å²) in [5.41, 5.74) is 2.07. The number of amides is 2. The fourth-order valence-corrected chi connectivity index (χ4v) is 3.92. The van der Waals surface area contributed by atoms with Gasteiger partial charge in [-0.05, 0) is 47.8 Å². The van der Waals surface area contributed by atoms with Gasteiger partial charge in [-0.3, -0.25) is 9.59 Å². The highest BCUT2D eigenvalue weighted by Crippen LogP contribution is 2.29. The van der Waals surface area contributed by atoms with Gasteiger partial charge in [0.15, 0.2) is 0 Å². The number of anilines is 1. The van der Waals surface area contributed by atoms with E-state index in [1.165, 1.54) is 18.4 Å². The van der Waals surface area contributed by atoms with Gasteiger partial charge in [-0.2, -0.15) is 0 Å². The Morgan fingerprint density at radius 1 is 1.00 bits per heavy atom. The predicted molar refractivity (Wildman–Crippen MR) is 112 cm³/mol. The van der Waals surface area contributed by atoms with E-state index in [-0.39, 0.29) is 23.8 Å². The van der Waals surface area contributed by atoms with Crippen LogP contribution in [-0.4, -0.2) is 17.9 Å². The molecule has 2 N–H and O–H groups in total. The summed E-state index contributed by atoms with van der Waals surface area (Å²) >= 11 is 0. The second-order valence-corrected chi connectivity index (χ2v) is 8.78. The van der Waals surface area contributed by atoms with Gasteiger partial charge in [-0.15, -0.1) is 0 Å². The lowest BCUT2D eigenvalue weighted by atomic mass is 9.78. The molecule has 150 valence electrons. The van der Waals surface area contributed by atoms with Gasteiger partial charge < -0.3 is 10.6 Å². The third-order valence-electron chi connectivity index (χ3n) is 5.98. The molecular weight excluding hydrogens is 336 g/mol. The molecule has 0 radical (unpaired) electrons. The summed E-state index contributed by atoms with van der Waals surface area (Å²) in [7, 11) is 0. The van der Waals surface area contributed by atoms with Crippen LogP contribution in [0.25, 0.3) is 0 Å². The Hall–Kier alpha value is -1.84. The molecule has 1 aliphatic carbocycles. The van der Waals surface area contributed by atoms with Gasteiger partial charge in [0.2, 0.25) is 11.8 Å². The molecule has 0 aliphatic heterocycles. The highest BCUT2D eigenvalue weighted by molar-refractivity contribution is 5.91. The minimum Gasteiger partial charge on any atom is -0.353 e. The minimum absolute atomic E-state index is 0.0243. The van der Waals surface area contributed by atoms with Crippen molar-refractivity contribution in [3.05, 3.63) is 29.8 Å². The molecule has 4 atom stereocenters. The second-order valence-electron chi connectivity index (χ2n) is 8.78. The van der Waals surface area contributed by atoms with Crippen LogP contribution in [0.3, 0.4) is 0 Å². The Kier molecular flexibility index (Phi) is 7.88. The molecule has 0 saturated heterocycles. The van der Waals surface area contributed by atoms with E-state index in [9.17, 15) is 9.59 Å². The van der Waals surface area contributed by atoms with E-state index >= 15 is 0 Å². The quantitative estimate of drug-likeness (QED) is 0.699. The molecule has 1 aromatic carbocycles. The highest BCUT2D eigenvalue weighted by Gasteiger charge is 2.28. The van der Waals surface area contributed by atoms with E-state index in [1.54, 1.807) is 0 Å². The van der Waals surface area contributed by atoms with E-state index in [0.717, 1.165) is 12.1 Å². The third kappa shape index (κ3) is 6.67. The number of nitrogens with one attached hydrogen (secondary N) is 2. The monoisotopic (exact) mass is 372 g/mol. The van der Waals surface area contributed by atoms with Crippen molar-refractivity contribution in [2.75, 3.05) is 5.32 Å². The van der Waals surface area contributed by atoms with Crippen molar-refractivity contribution in [1.29, 1.82) is 0 Å². The molecule has 1 aromatic rings. The second kappa shape index (κ2) is 9.91. The first-order valence-electron chi connectivity index (χ1n) is 10.5. The van der Waals surface area contributed by atoms with Crippen molar-refractivity contribution in [2.24, 2.45) is 17.8 Å². The van der Waals surface area contributed by atoms with Gasteiger partial charge in [0.1, 0.15) is 0 Å². The molecule has 2 rings (SSSR count). The highest BCUT2D eigenvalue weighted by atomic mass is 16.2. The molecule has 0 aromatic heterocycles. The zero-order chi connectivity index (χ0) is 20.0. The summed E-state index contributed by atoms with van der Waals surface area (Å²) in [6.07, 6.45) is 4.26. The van der Waals surface area contributed by atoms with Gasteiger partial charge in [0.05, 0.1) is 0 Å². The average Bonchev–Trinajstić information content (AvgIpc) is 2.59. The van der Waals surface area contributed by atoms with Crippen LogP contribution >= 0.6 is 0 Å². The molecule has 1 fully saturated rings. The Balaban J connectivity index is 1.76. The van der Waals surface area contributed by atoms with Crippen molar-refractivity contribution in [3.63, 3.8) is 0 Å². The molecule has 0 heterocycles. The number of benzene rings is 1. The number of rotatable bonds is 7. The molecule has 1 aliphatic rings. The Morgan fingerprint density at radius 2 is 1.63 bits per heavy atom. The van der Waals surface area contributed by atoms with Crippen LogP contribution in [0.5, 0.6) is 0 Å². The van der Waals surface area contributed by atoms with Gasteiger partial charge in [0.25, 0.3) is 0 Å². The molecule has 4 heteroatoms. The molecule has 1 saturated carbocycles. The van der Waals surface area contributed by atoms with Crippen LogP contribution in [0.1, 0.15) is 78.2 Å². The maximum absolute atomic E-state index is 12.4. The van der Waals surface area contributed by atoms with E-state index in [0.29, 0.717) is 30.6 Å². The summed E-state index contributed by atoms with van der Waals surface area (Å²) < 4.78 is 0. The van der Waals surface area contributed by atoms with Crippen molar-refractivity contribution in [2.45, 2.75) is 78.7 Å². The zero-order valence-corrected chi connectivity index (χ0v) is 17.5. The van der Waals surface area contributed by atoms with E-state index in [1.807, 2.05) is 31.2 Å². The Bertz CT molecular complexity index is 624. The maximum atomic E-state index is 12.4. The summed E-state index contributed by atoms with van der Waals surface area (Å²) in [6, 6.07) is 8.25. The molecule has 0 spiro atoms. The predicted octanol–water partition coefficient (Wildman–Crippen LogP) is 5.11. The molecule has 27 heavy (non-hydrogen) atoms. The number of hydrogen-bond acceptors (Lipinski definition) is 2. The van der Waals surface area contributed by atoms with Gasteiger partial charge >= 0.3 is 0 Å². The van der Waals surface area contributed by atoms with E-state index in [4.69, 9.17) is 0 Å². The standard InChI is InChI=1S/C23H36N2O2/c1-15(2)19-9-11-20(12-10-19)24-22(26)13-16(3)14-23(27)25-21-8-6-7-17(4)18(21)5/h9-12,15-18,21H,6-8,13-14H2,1-5H3,(H,24,26)(H,25,27)/t16-,17-,18+,21-/m0/s1. The van der Waals surface area contributed by atoms with Crippen LogP contribution < -0.4 is 10.6 Å². The van der Waals surface area contributed by atoms with Crippen LogP contribution in [0.4, 0.5) is 5.69 Å². The fourth-order valence-electron chi connectivity index (χ4n) is 3.92. The van der Waals surface area contributed by atoms with E-state index in [2.05, 4.69) is 38.3 Å². The van der Waals surface area contributed by atoms with Crippen molar-refractivity contribution in [3.8, 4) is 0 Å². The van der Waals surface area contributed by atoms with Gasteiger partial charge in [-0.1, -0.05) is 59.6 Å². The SMILES string of the molecule is CC(C)c1ccc(NC(=O)C[C@H](C)CC(=O)N[C@H]2CCC[C@H](C)[C@H]2C)cc1. The third-order valence-corrected chi connectivity index (χ3v) is 5.98. The molecule has 0 bridgehead atoms. The van der Waals surface area contributed by atoms with Crippen LogP contribution in [0.15, 0.2) is 24.3 Å². The number of hydrogen-bond donors (Lipinski definition) is 2. The number of carbonyl (C=O) groups excluding carboxylic acids is 2. The van der Waals surface area contributed by atoms with Crippen molar-refractivity contribution < 1.29 is 9.59 Å². The van der Waals surface area contributed by atoms with Gasteiger partial charge in [-0.25, -0.2) is 0 Å². The van der Waals surface area contributed by atoms with Crippen LogP contribution in [0, 0.1) is 17.8 Å². The average molecular weight is 373 g/mol. The Labute approximate surface area is 164 Å². The lowest BCUT2D eigenvalue weighted by Gasteiger charge is -2.34. The first-order valence-corrected chi connectivity index (χ1v) is 10.5. The molecule has 4 nitrogen and oxygen atoms in total. The van der Waals surface area contributed by atoms with E-state index < -0.39 is 0 Å². The summed E-state index contributed by atoms with van der Waals surface area (Å²) in [6.45, 7) is 10.8. The first-order chi connectivity index (χ1) is 12.8. The molecule has 0 unspecified atom stereocenters. The zero-order valence-electron chi connectivity index (χ0n) is 17.5. The summed E-state index contributed by atoms with van der Waals surface area (Å²) in [5, 5.41) is 6.13. The minimum atomic E-state index is -0.0350. The van der Waals surface area contributed by atoms with Crippen LogP contribution in [-0.2, 0) is 9.59 Å². The Morgan fingerprint density at radius 3 is 2.26 bits per heavy atom. The summed E-state index contributed by atoms with van der Waals surface area (Å²) in [5.74, 6) is 1.72. The fraction of sp³-hybridized carbons (Fsp3) is 0.652. The largest absolute Gasteiger partial charge is 0.353 e. The lowest BCUT2D eigenvalue weighted by molar-refractivity contribution is -0.123. The topological polar surface area (TPSA) is 58.2 Å². The lowest BCUT2D eigenvalue weighted by Crippen LogP contribution is -2.44. The number of carbonyl (C=O) groups is 2. The first kappa shape index (κ1) is 21.5. The smallest absolute Gasteiger partial charge is 0.224 e. The van der Waals surface area contributed by atoms with Crippen molar-refractivity contribution in [1.82, 2.24) is 5.32 Å². The summed E-state index contributed by atoms with van der Waals surface area (Å²) in [4.78, 5) is 24.6.